The number of carbonyl (C=O) groups is 2. The highest BCUT2D eigenvalue weighted by Gasteiger charge is 2.51. The number of amides is 2. The summed E-state index contributed by atoms with van der Waals surface area (Å²) in [5.74, 6) is 0.663. The highest BCUT2D eigenvalue weighted by atomic mass is 31.2. The van der Waals surface area contributed by atoms with E-state index < -0.39 is 79.3 Å². The number of guanidine groups is 1. The largest absolute Gasteiger partial charge is 0.497 e. The molecular formula is C53H72N7O13P. The van der Waals surface area contributed by atoms with Crippen LogP contribution in [0.15, 0.2) is 101 Å². The standard InChI is InChI=1S/C53H72N7O13P/c1-35(2)60(36(3)4)74(69-33-16-29-54)73-44-42(34-68-53(37-18-14-13-15-19-37,38-20-24-40(65-11)25-21-38)39-22-26-41(66-12)27-23-39)70-46(58-31-28-43(61)56-48(58)62)45(44)67-32-17-30-59(50(64)72-52(8,9)10)47(55)57-49(63)71-51(5,6)7/h13-15,18-28,31,35-36,42,44-46H,16-17,30,32-34H2,1-12H3,(H2,55,57,63)(H,56,61,62)/t42-,44-,45-,46-,74?/m1/s1. The van der Waals surface area contributed by atoms with E-state index >= 15 is 0 Å². The fourth-order valence-electron chi connectivity index (χ4n) is 8.20. The SMILES string of the molecule is COc1ccc(C(OC[C@H]2O[C@@H](n3ccc(=O)[nH]c3=O)[C@H](OCCCN(C(=N)NC(=O)OC(C)(C)C)C(=O)OC(C)(C)C)[C@@H]2OP(OCCC#N)N(C(C)C)C(C)C)(c2ccccc2)c2ccc(OC)cc2)cc1. The molecule has 1 aromatic heterocycles. The highest BCUT2D eigenvalue weighted by Crippen LogP contribution is 2.51. The molecule has 21 heteroatoms. The maximum Gasteiger partial charge on any atom is 0.417 e. The predicted octanol–water partition coefficient (Wildman–Crippen LogP) is 8.59. The van der Waals surface area contributed by atoms with E-state index in [0.717, 1.165) is 21.6 Å². The number of hydrogen-bond donors (Lipinski definition) is 3. The number of benzene rings is 3. The molecule has 4 aromatic rings. The van der Waals surface area contributed by atoms with Crippen LogP contribution >= 0.6 is 8.53 Å². The van der Waals surface area contributed by atoms with Crippen molar-refractivity contribution in [3.8, 4) is 17.6 Å². The number of alkyl carbamates (subject to hydrolysis) is 1. The summed E-state index contributed by atoms with van der Waals surface area (Å²) in [6, 6.07) is 27.8. The first-order chi connectivity index (χ1) is 35.0. The molecule has 1 unspecified atom stereocenters. The summed E-state index contributed by atoms with van der Waals surface area (Å²) in [7, 11) is 1.18. The van der Waals surface area contributed by atoms with Crippen LogP contribution in [0.25, 0.3) is 0 Å². The lowest BCUT2D eigenvalue weighted by atomic mass is 9.80. The van der Waals surface area contributed by atoms with E-state index in [0.29, 0.717) is 11.5 Å². The average Bonchev–Trinajstić information content (AvgIpc) is 3.66. The van der Waals surface area contributed by atoms with Gasteiger partial charge in [0, 0.05) is 37.5 Å². The lowest BCUT2D eigenvalue weighted by Crippen LogP contribution is -2.50. The summed E-state index contributed by atoms with van der Waals surface area (Å²) in [6.07, 6.45) is -4.97. The smallest absolute Gasteiger partial charge is 0.417 e. The maximum atomic E-state index is 13.8. The third-order valence-electron chi connectivity index (χ3n) is 11.3. The predicted molar refractivity (Wildman–Crippen MR) is 278 cm³/mol. The number of rotatable bonds is 22. The number of hydrogen-bond acceptors (Lipinski definition) is 16. The molecule has 3 aromatic carbocycles. The second-order valence-corrected chi connectivity index (χ2v) is 21.2. The lowest BCUT2D eigenvalue weighted by Gasteiger charge is -2.39. The number of nitrogens with one attached hydrogen (secondary N) is 3. The minimum absolute atomic E-state index is 0.0388. The summed E-state index contributed by atoms with van der Waals surface area (Å²) in [6.45, 7) is 17.5. The number of methoxy groups -OCH3 is 2. The van der Waals surface area contributed by atoms with E-state index in [1.54, 1.807) is 55.8 Å². The third kappa shape index (κ3) is 15.7. The molecule has 0 spiro atoms. The van der Waals surface area contributed by atoms with Crippen molar-refractivity contribution in [3.63, 3.8) is 0 Å². The molecular weight excluding hydrogens is 974 g/mol. The number of aromatic amines is 1. The number of carbonyl (C=O) groups excluding carboxylic acids is 2. The Balaban J connectivity index is 1.64. The molecule has 3 N–H and O–H groups in total. The molecule has 2 amide bonds. The van der Waals surface area contributed by atoms with Crippen molar-refractivity contribution in [1.29, 1.82) is 10.7 Å². The van der Waals surface area contributed by atoms with Crippen molar-refractivity contribution in [1.82, 2.24) is 24.4 Å². The molecule has 402 valence electrons. The van der Waals surface area contributed by atoms with Gasteiger partial charge in [-0.1, -0.05) is 54.6 Å². The molecule has 5 rings (SSSR count). The van der Waals surface area contributed by atoms with Gasteiger partial charge in [0.1, 0.15) is 46.6 Å². The fraction of sp³-hybridized carbons (Fsp3) is 0.509. The minimum atomic E-state index is -2.00. The molecule has 1 fully saturated rings. The van der Waals surface area contributed by atoms with Crippen molar-refractivity contribution >= 4 is 26.7 Å². The normalized spacial score (nSPS) is 17.4. The second-order valence-electron chi connectivity index (χ2n) is 19.8. The van der Waals surface area contributed by atoms with Crippen molar-refractivity contribution in [2.75, 3.05) is 40.6 Å². The van der Waals surface area contributed by atoms with Gasteiger partial charge in [-0.2, -0.15) is 5.26 Å². The molecule has 1 aliphatic heterocycles. The summed E-state index contributed by atoms with van der Waals surface area (Å²) in [5.41, 5.74) is -2.35. The summed E-state index contributed by atoms with van der Waals surface area (Å²) in [4.78, 5) is 56.0. The Morgan fingerprint density at radius 3 is 1.91 bits per heavy atom. The van der Waals surface area contributed by atoms with Gasteiger partial charge in [-0.15, -0.1) is 0 Å². The molecule has 0 aliphatic carbocycles. The van der Waals surface area contributed by atoms with Crippen molar-refractivity contribution in [2.24, 2.45) is 0 Å². The van der Waals surface area contributed by atoms with Gasteiger partial charge in [0.2, 0.25) is 5.96 Å². The zero-order chi connectivity index (χ0) is 54.4. The van der Waals surface area contributed by atoms with Crippen LogP contribution in [0.1, 0.15) is 105 Å². The van der Waals surface area contributed by atoms with Crippen molar-refractivity contribution < 1.29 is 51.8 Å². The fourth-order valence-corrected chi connectivity index (χ4v) is 9.97. The minimum Gasteiger partial charge on any atom is -0.497 e. The van der Waals surface area contributed by atoms with E-state index in [2.05, 4.69) is 16.4 Å². The van der Waals surface area contributed by atoms with Crippen LogP contribution in [0, 0.1) is 16.7 Å². The van der Waals surface area contributed by atoms with E-state index in [4.69, 9.17) is 47.6 Å². The molecule has 1 saturated heterocycles. The lowest BCUT2D eigenvalue weighted by molar-refractivity contribution is -0.0977. The first kappa shape index (κ1) is 58.7. The number of aromatic nitrogens is 2. The van der Waals surface area contributed by atoms with Gasteiger partial charge >= 0.3 is 17.9 Å². The highest BCUT2D eigenvalue weighted by molar-refractivity contribution is 7.44. The van der Waals surface area contributed by atoms with Gasteiger partial charge < -0.3 is 42.2 Å². The van der Waals surface area contributed by atoms with Crippen molar-refractivity contribution in [3.05, 3.63) is 129 Å². The van der Waals surface area contributed by atoms with Gasteiger partial charge in [-0.3, -0.25) is 25.1 Å². The number of H-pyrrole nitrogens is 1. The Morgan fingerprint density at radius 1 is 0.824 bits per heavy atom. The Kier molecular flexibility index (Phi) is 20.9. The monoisotopic (exact) mass is 1050 g/mol. The zero-order valence-electron chi connectivity index (χ0n) is 44.4. The zero-order valence-corrected chi connectivity index (χ0v) is 45.3. The van der Waals surface area contributed by atoms with E-state index in [9.17, 15) is 24.4 Å². The Bertz CT molecular complexity index is 2550. The van der Waals surface area contributed by atoms with Crippen LogP contribution in [-0.2, 0) is 38.3 Å². The average molecular weight is 1050 g/mol. The molecule has 0 radical (unpaired) electrons. The topological polar surface area (TPSA) is 238 Å². The molecule has 1 aliphatic rings. The van der Waals surface area contributed by atoms with E-state index in [-0.39, 0.29) is 51.3 Å². The van der Waals surface area contributed by atoms with Gasteiger partial charge in [-0.05, 0) is 117 Å². The van der Waals surface area contributed by atoms with Crippen LogP contribution in [-0.4, -0.2) is 119 Å². The van der Waals surface area contributed by atoms with Crippen molar-refractivity contribution in [2.45, 2.75) is 136 Å². The van der Waals surface area contributed by atoms with Crippen LogP contribution in [0.4, 0.5) is 9.59 Å². The van der Waals surface area contributed by atoms with Gasteiger partial charge in [0.15, 0.2) is 6.23 Å². The first-order valence-corrected chi connectivity index (χ1v) is 25.6. The number of nitriles is 1. The Hall–Kier alpha value is -6.17. The van der Waals surface area contributed by atoms with Crippen LogP contribution in [0.5, 0.6) is 11.5 Å². The summed E-state index contributed by atoms with van der Waals surface area (Å²) in [5, 5.41) is 20.7. The van der Waals surface area contributed by atoms with Crippen LogP contribution in [0.2, 0.25) is 0 Å². The van der Waals surface area contributed by atoms with Gasteiger partial charge in [-0.25, -0.2) is 24.0 Å². The van der Waals surface area contributed by atoms with E-state index in [1.807, 2.05) is 111 Å². The van der Waals surface area contributed by atoms with Gasteiger partial charge in [0.05, 0.1) is 39.9 Å². The molecule has 74 heavy (non-hydrogen) atoms. The summed E-state index contributed by atoms with van der Waals surface area (Å²) >= 11 is 0. The maximum absolute atomic E-state index is 13.8. The van der Waals surface area contributed by atoms with Crippen LogP contribution < -0.4 is 26.0 Å². The van der Waals surface area contributed by atoms with Crippen LogP contribution in [0.3, 0.4) is 0 Å². The number of nitrogens with zero attached hydrogens (tertiary/aromatic N) is 4. The third-order valence-corrected chi connectivity index (χ3v) is 13.4. The van der Waals surface area contributed by atoms with Gasteiger partial charge in [0.25, 0.3) is 14.1 Å². The molecule has 0 saturated carbocycles. The number of ether oxygens (including phenoxy) is 7. The quantitative estimate of drug-likeness (QED) is 0.0220. The van der Waals surface area contributed by atoms with E-state index in [1.165, 1.54) is 16.8 Å². The first-order valence-electron chi connectivity index (χ1n) is 24.4. The molecule has 2 heterocycles. The molecule has 5 atom stereocenters. The molecule has 20 nitrogen and oxygen atoms in total. The Labute approximate surface area is 434 Å². The molecule has 0 bridgehead atoms. The Morgan fingerprint density at radius 2 is 1.39 bits per heavy atom. The second kappa shape index (κ2) is 26.4. The summed E-state index contributed by atoms with van der Waals surface area (Å²) < 4.78 is 60.0.